The van der Waals surface area contributed by atoms with Crippen LogP contribution in [0.5, 0.6) is 0 Å². The van der Waals surface area contributed by atoms with Crippen LogP contribution in [0.2, 0.25) is 0 Å². The molecule has 1 heterocycles. The molecular formula is C21H42N4O2. The van der Waals surface area contributed by atoms with E-state index in [1.54, 1.807) is 7.11 Å². The van der Waals surface area contributed by atoms with E-state index in [0.29, 0.717) is 12.0 Å². The van der Waals surface area contributed by atoms with E-state index in [0.717, 1.165) is 45.4 Å². The number of piperidine rings is 1. The summed E-state index contributed by atoms with van der Waals surface area (Å²) in [4.78, 5) is 7.32. The maximum absolute atomic E-state index is 6.07. The molecule has 2 N–H and O–H groups in total. The smallest absolute Gasteiger partial charge is 0.191 e. The number of guanidine groups is 1. The Balaban J connectivity index is 1.62. The largest absolute Gasteiger partial charge is 0.383 e. The first kappa shape index (κ1) is 22.4. The quantitative estimate of drug-likeness (QED) is 0.263. The molecule has 1 saturated heterocycles. The highest BCUT2D eigenvalue weighted by atomic mass is 16.5. The second kappa shape index (κ2) is 14.2. The molecule has 0 unspecified atom stereocenters. The Morgan fingerprint density at radius 1 is 1.00 bits per heavy atom. The lowest BCUT2D eigenvalue weighted by atomic mass is 9.97. The van der Waals surface area contributed by atoms with Crippen molar-refractivity contribution in [3.8, 4) is 0 Å². The Morgan fingerprint density at radius 3 is 2.41 bits per heavy atom. The third kappa shape index (κ3) is 9.77. The molecule has 27 heavy (non-hydrogen) atoms. The van der Waals surface area contributed by atoms with E-state index in [1.165, 1.54) is 64.5 Å². The van der Waals surface area contributed by atoms with Gasteiger partial charge in [-0.1, -0.05) is 25.7 Å². The van der Waals surface area contributed by atoms with Gasteiger partial charge < -0.3 is 25.0 Å². The first-order chi connectivity index (χ1) is 13.3. The van der Waals surface area contributed by atoms with Crippen molar-refractivity contribution in [2.45, 2.75) is 64.4 Å². The van der Waals surface area contributed by atoms with Gasteiger partial charge in [0.1, 0.15) is 0 Å². The number of aliphatic imine (C=N–C) groups is 1. The number of hydrogen-bond acceptors (Lipinski definition) is 4. The molecule has 0 spiro atoms. The summed E-state index contributed by atoms with van der Waals surface area (Å²) in [5.74, 6) is 1.63. The molecule has 2 rings (SSSR count). The molecule has 6 heteroatoms. The van der Waals surface area contributed by atoms with Crippen LogP contribution >= 0.6 is 0 Å². The van der Waals surface area contributed by atoms with Crippen LogP contribution in [0.15, 0.2) is 4.99 Å². The van der Waals surface area contributed by atoms with Gasteiger partial charge in [-0.25, -0.2) is 0 Å². The lowest BCUT2D eigenvalue weighted by Crippen LogP contribution is -2.40. The number of likely N-dealkylation sites (tertiary alicyclic amines) is 1. The highest BCUT2D eigenvalue weighted by molar-refractivity contribution is 5.79. The van der Waals surface area contributed by atoms with Crippen molar-refractivity contribution in [3.05, 3.63) is 0 Å². The van der Waals surface area contributed by atoms with Crippen LogP contribution in [0.3, 0.4) is 0 Å². The standard InChI is InChI=1S/C21H42N4O2/c1-3-22-21(23-12-16-27-20-8-6-4-5-7-9-20)24-18-19-10-13-25(14-11-19)15-17-26-2/h19-20H,3-18H2,1-2H3,(H2,22,23,24). The Labute approximate surface area is 166 Å². The summed E-state index contributed by atoms with van der Waals surface area (Å²) in [6.45, 7) is 9.75. The SMILES string of the molecule is CCNC(=NCC1CCN(CCOC)CC1)NCCOC1CCCCCC1. The second-order valence-electron chi connectivity index (χ2n) is 7.91. The van der Waals surface area contributed by atoms with Gasteiger partial charge in [-0.05, 0) is 51.6 Å². The minimum atomic E-state index is 0.470. The van der Waals surface area contributed by atoms with Crippen molar-refractivity contribution in [2.75, 3.05) is 59.6 Å². The van der Waals surface area contributed by atoms with Crippen LogP contribution in [0, 0.1) is 5.92 Å². The van der Waals surface area contributed by atoms with Gasteiger partial charge in [-0.3, -0.25) is 4.99 Å². The molecule has 0 radical (unpaired) electrons. The van der Waals surface area contributed by atoms with E-state index in [9.17, 15) is 0 Å². The predicted molar refractivity (Wildman–Crippen MR) is 112 cm³/mol. The summed E-state index contributed by atoms with van der Waals surface area (Å²) in [6.07, 6.45) is 10.8. The van der Waals surface area contributed by atoms with E-state index in [-0.39, 0.29) is 0 Å². The zero-order chi connectivity index (χ0) is 19.2. The zero-order valence-electron chi connectivity index (χ0n) is 17.7. The maximum Gasteiger partial charge on any atom is 0.191 e. The second-order valence-corrected chi connectivity index (χ2v) is 7.91. The van der Waals surface area contributed by atoms with Crippen molar-refractivity contribution in [2.24, 2.45) is 10.9 Å². The van der Waals surface area contributed by atoms with Gasteiger partial charge in [0.25, 0.3) is 0 Å². The van der Waals surface area contributed by atoms with E-state index in [1.807, 2.05) is 0 Å². The number of hydrogen-bond donors (Lipinski definition) is 2. The predicted octanol–water partition coefficient (Wildman–Crippen LogP) is 2.64. The summed E-state index contributed by atoms with van der Waals surface area (Å²) in [5.41, 5.74) is 0. The van der Waals surface area contributed by atoms with E-state index in [4.69, 9.17) is 14.5 Å². The summed E-state index contributed by atoms with van der Waals surface area (Å²) >= 11 is 0. The fourth-order valence-corrected chi connectivity index (χ4v) is 3.98. The van der Waals surface area contributed by atoms with Crippen molar-refractivity contribution in [1.82, 2.24) is 15.5 Å². The summed E-state index contributed by atoms with van der Waals surface area (Å²) in [5, 5.41) is 6.80. The first-order valence-electron chi connectivity index (χ1n) is 11.2. The normalized spacial score (nSPS) is 21.2. The molecule has 2 aliphatic rings. The monoisotopic (exact) mass is 382 g/mol. The molecule has 2 fully saturated rings. The molecule has 158 valence electrons. The van der Waals surface area contributed by atoms with Gasteiger partial charge in [0.05, 0.1) is 19.3 Å². The average molecular weight is 383 g/mol. The van der Waals surface area contributed by atoms with Crippen LogP contribution in [0.4, 0.5) is 0 Å². The minimum absolute atomic E-state index is 0.470. The number of rotatable bonds is 10. The summed E-state index contributed by atoms with van der Waals surface area (Å²) in [6, 6.07) is 0. The van der Waals surface area contributed by atoms with Crippen molar-refractivity contribution >= 4 is 5.96 Å². The van der Waals surface area contributed by atoms with Crippen molar-refractivity contribution in [3.63, 3.8) is 0 Å². The highest BCUT2D eigenvalue weighted by Crippen LogP contribution is 2.19. The van der Waals surface area contributed by atoms with Gasteiger partial charge in [0.2, 0.25) is 0 Å². The zero-order valence-corrected chi connectivity index (χ0v) is 17.7. The van der Waals surface area contributed by atoms with Crippen LogP contribution in [-0.2, 0) is 9.47 Å². The number of ether oxygens (including phenoxy) is 2. The van der Waals surface area contributed by atoms with Gasteiger partial charge in [0, 0.05) is 33.3 Å². The summed E-state index contributed by atoms with van der Waals surface area (Å²) < 4.78 is 11.2. The average Bonchev–Trinajstić information content (AvgIpc) is 2.97. The Bertz CT molecular complexity index is 390. The summed E-state index contributed by atoms with van der Waals surface area (Å²) in [7, 11) is 1.78. The molecule has 0 aromatic rings. The Morgan fingerprint density at radius 2 is 1.74 bits per heavy atom. The molecule has 1 aliphatic carbocycles. The number of methoxy groups -OCH3 is 1. The van der Waals surface area contributed by atoms with Gasteiger partial charge in [0.15, 0.2) is 5.96 Å². The fourth-order valence-electron chi connectivity index (χ4n) is 3.98. The lowest BCUT2D eigenvalue weighted by Gasteiger charge is -2.31. The van der Waals surface area contributed by atoms with Crippen LogP contribution in [0.1, 0.15) is 58.3 Å². The van der Waals surface area contributed by atoms with Gasteiger partial charge in [-0.15, -0.1) is 0 Å². The Kier molecular flexibility index (Phi) is 11.8. The topological polar surface area (TPSA) is 58.1 Å². The lowest BCUT2D eigenvalue weighted by molar-refractivity contribution is 0.0468. The minimum Gasteiger partial charge on any atom is -0.383 e. The van der Waals surface area contributed by atoms with Crippen molar-refractivity contribution < 1.29 is 9.47 Å². The van der Waals surface area contributed by atoms with Crippen LogP contribution in [-0.4, -0.2) is 76.6 Å². The number of nitrogens with one attached hydrogen (secondary N) is 2. The van der Waals surface area contributed by atoms with Gasteiger partial charge in [-0.2, -0.15) is 0 Å². The molecule has 0 atom stereocenters. The van der Waals surface area contributed by atoms with Crippen LogP contribution in [0.25, 0.3) is 0 Å². The first-order valence-corrected chi connectivity index (χ1v) is 11.2. The third-order valence-corrected chi connectivity index (χ3v) is 5.72. The molecule has 0 amide bonds. The molecule has 0 aromatic heterocycles. The molecule has 1 saturated carbocycles. The molecule has 1 aliphatic heterocycles. The Hall–Kier alpha value is -0.850. The maximum atomic E-state index is 6.07. The molecule has 0 bridgehead atoms. The highest BCUT2D eigenvalue weighted by Gasteiger charge is 2.18. The third-order valence-electron chi connectivity index (χ3n) is 5.72. The number of nitrogens with zero attached hydrogens (tertiary/aromatic N) is 2. The van der Waals surface area contributed by atoms with E-state index in [2.05, 4.69) is 22.5 Å². The van der Waals surface area contributed by atoms with Crippen LogP contribution < -0.4 is 10.6 Å². The van der Waals surface area contributed by atoms with E-state index < -0.39 is 0 Å². The molecular weight excluding hydrogens is 340 g/mol. The molecule has 6 nitrogen and oxygen atoms in total. The van der Waals surface area contributed by atoms with E-state index >= 15 is 0 Å². The van der Waals surface area contributed by atoms with Crippen molar-refractivity contribution in [1.29, 1.82) is 0 Å². The van der Waals surface area contributed by atoms with Gasteiger partial charge >= 0.3 is 0 Å². The fraction of sp³-hybridized carbons (Fsp3) is 0.952. The molecule has 0 aromatic carbocycles.